The first-order chi connectivity index (χ1) is 9.20. The molecule has 1 amide bonds. The number of nitrogens with one attached hydrogen (secondary N) is 1. The number of likely N-dealkylation sites (tertiary alicyclic amines) is 1. The lowest BCUT2D eigenvalue weighted by Crippen LogP contribution is -2.45. The fraction of sp³-hybridized carbons (Fsp3) is 0.929. The molecule has 0 aromatic carbocycles. The smallest absolute Gasteiger partial charge is 0.224 e. The maximum Gasteiger partial charge on any atom is 0.224 e. The molecule has 0 spiro atoms. The molecule has 2 aliphatic heterocycles. The maximum absolute atomic E-state index is 12.2. The van der Waals surface area contributed by atoms with Crippen LogP contribution in [0.2, 0.25) is 0 Å². The summed E-state index contributed by atoms with van der Waals surface area (Å²) >= 11 is 0. The summed E-state index contributed by atoms with van der Waals surface area (Å²) in [6.45, 7) is 10.6. The van der Waals surface area contributed by atoms with Crippen molar-refractivity contribution in [1.29, 1.82) is 0 Å². The van der Waals surface area contributed by atoms with Crippen molar-refractivity contribution in [2.24, 2.45) is 0 Å². The molecule has 19 heavy (non-hydrogen) atoms. The van der Waals surface area contributed by atoms with Gasteiger partial charge in [-0.3, -0.25) is 9.69 Å². The predicted octanol–water partition coefficient (Wildman–Crippen LogP) is 0.308. The predicted molar refractivity (Wildman–Crippen MR) is 75.1 cm³/mol. The fourth-order valence-electron chi connectivity index (χ4n) is 3.02. The Labute approximate surface area is 116 Å². The summed E-state index contributed by atoms with van der Waals surface area (Å²) in [5.41, 5.74) is 0. The molecule has 2 saturated heterocycles. The first-order valence-electron chi connectivity index (χ1n) is 7.53. The van der Waals surface area contributed by atoms with Crippen LogP contribution in [0, 0.1) is 0 Å². The number of carbonyl (C=O) groups excluding carboxylic acids is 1. The third kappa shape index (κ3) is 4.16. The highest BCUT2D eigenvalue weighted by Gasteiger charge is 2.31. The Morgan fingerprint density at radius 2 is 2.11 bits per heavy atom. The Kier molecular flexibility index (Phi) is 5.60. The number of hydrogen-bond donors (Lipinski definition) is 1. The lowest BCUT2D eigenvalue weighted by Gasteiger charge is -2.32. The Bertz CT molecular complexity index is 292. The summed E-state index contributed by atoms with van der Waals surface area (Å²) in [4.78, 5) is 16.7. The maximum atomic E-state index is 12.2. The summed E-state index contributed by atoms with van der Waals surface area (Å²) in [5, 5.41) is 3.30. The van der Waals surface area contributed by atoms with Crippen molar-refractivity contribution < 1.29 is 9.53 Å². The van der Waals surface area contributed by atoms with Gasteiger partial charge in [0.2, 0.25) is 5.91 Å². The number of morpholine rings is 1. The van der Waals surface area contributed by atoms with Crippen LogP contribution in [0.3, 0.4) is 0 Å². The molecule has 0 aliphatic carbocycles. The number of rotatable bonds is 5. The molecule has 5 heteroatoms. The molecular formula is C14H27N3O2. The summed E-state index contributed by atoms with van der Waals surface area (Å²) in [5.74, 6) is 0.296. The number of nitrogens with zero attached hydrogens (tertiary/aromatic N) is 2. The standard InChI is InChI=1S/C14H27N3O2/c1-3-15-12(2)10-14(18)17-5-4-13(11-17)16-6-8-19-9-7-16/h12-13,15H,3-11H2,1-2H3. The van der Waals surface area contributed by atoms with E-state index in [9.17, 15) is 4.79 Å². The van der Waals surface area contributed by atoms with Gasteiger partial charge in [-0.05, 0) is 19.9 Å². The molecule has 1 N–H and O–H groups in total. The van der Waals surface area contributed by atoms with Crippen LogP contribution in [-0.2, 0) is 9.53 Å². The molecule has 2 heterocycles. The van der Waals surface area contributed by atoms with Crippen molar-refractivity contribution in [2.75, 3.05) is 45.9 Å². The SMILES string of the molecule is CCNC(C)CC(=O)N1CCC(N2CCOCC2)C1. The van der Waals surface area contributed by atoms with Gasteiger partial charge in [-0.2, -0.15) is 0 Å². The van der Waals surface area contributed by atoms with Crippen molar-refractivity contribution in [2.45, 2.75) is 38.8 Å². The van der Waals surface area contributed by atoms with Crippen LogP contribution in [0.1, 0.15) is 26.7 Å². The summed E-state index contributed by atoms with van der Waals surface area (Å²) in [7, 11) is 0. The van der Waals surface area contributed by atoms with Crippen LogP contribution in [0.5, 0.6) is 0 Å². The van der Waals surface area contributed by atoms with Gasteiger partial charge in [-0.1, -0.05) is 6.92 Å². The molecule has 0 radical (unpaired) electrons. The van der Waals surface area contributed by atoms with Gasteiger partial charge in [0.15, 0.2) is 0 Å². The van der Waals surface area contributed by atoms with E-state index >= 15 is 0 Å². The highest BCUT2D eigenvalue weighted by Crippen LogP contribution is 2.18. The van der Waals surface area contributed by atoms with E-state index in [1.807, 2.05) is 4.90 Å². The Hall–Kier alpha value is -0.650. The van der Waals surface area contributed by atoms with Crippen molar-refractivity contribution >= 4 is 5.91 Å². The summed E-state index contributed by atoms with van der Waals surface area (Å²) in [6.07, 6.45) is 1.73. The fourth-order valence-corrected chi connectivity index (χ4v) is 3.02. The minimum Gasteiger partial charge on any atom is -0.379 e. The number of hydrogen-bond acceptors (Lipinski definition) is 4. The van der Waals surface area contributed by atoms with Crippen LogP contribution in [-0.4, -0.2) is 73.7 Å². The van der Waals surface area contributed by atoms with Crippen LogP contribution < -0.4 is 5.32 Å². The topological polar surface area (TPSA) is 44.8 Å². The second kappa shape index (κ2) is 7.22. The molecule has 2 fully saturated rings. The Morgan fingerprint density at radius 3 is 2.79 bits per heavy atom. The third-order valence-electron chi connectivity index (χ3n) is 4.11. The molecule has 0 saturated carbocycles. The average molecular weight is 269 g/mol. The third-order valence-corrected chi connectivity index (χ3v) is 4.11. The van der Waals surface area contributed by atoms with E-state index in [1.54, 1.807) is 0 Å². The normalized spacial score (nSPS) is 26.6. The Balaban J connectivity index is 1.75. The van der Waals surface area contributed by atoms with E-state index in [0.717, 1.165) is 52.4 Å². The molecule has 0 aromatic rings. The Morgan fingerprint density at radius 1 is 1.37 bits per heavy atom. The lowest BCUT2D eigenvalue weighted by molar-refractivity contribution is -0.130. The molecule has 2 rings (SSSR count). The zero-order chi connectivity index (χ0) is 13.7. The second-order valence-electron chi connectivity index (χ2n) is 5.59. The summed E-state index contributed by atoms with van der Waals surface area (Å²) in [6, 6.07) is 0.822. The van der Waals surface area contributed by atoms with E-state index in [-0.39, 0.29) is 6.04 Å². The van der Waals surface area contributed by atoms with Crippen LogP contribution in [0.15, 0.2) is 0 Å². The number of ether oxygens (including phenoxy) is 1. The molecule has 2 aliphatic rings. The quantitative estimate of drug-likeness (QED) is 0.780. The van der Waals surface area contributed by atoms with Crippen molar-refractivity contribution in [3.8, 4) is 0 Å². The minimum absolute atomic E-state index is 0.278. The van der Waals surface area contributed by atoms with Gasteiger partial charge in [0.25, 0.3) is 0 Å². The van der Waals surface area contributed by atoms with E-state index < -0.39 is 0 Å². The highest BCUT2D eigenvalue weighted by molar-refractivity contribution is 5.77. The molecular weight excluding hydrogens is 242 g/mol. The number of amides is 1. The monoisotopic (exact) mass is 269 g/mol. The number of carbonyl (C=O) groups is 1. The molecule has 0 aromatic heterocycles. The van der Waals surface area contributed by atoms with E-state index in [2.05, 4.69) is 24.1 Å². The average Bonchev–Trinajstić information content (AvgIpc) is 2.89. The molecule has 2 unspecified atom stereocenters. The molecule has 0 bridgehead atoms. The second-order valence-corrected chi connectivity index (χ2v) is 5.59. The molecule has 5 nitrogen and oxygen atoms in total. The van der Waals surface area contributed by atoms with Crippen molar-refractivity contribution in [3.05, 3.63) is 0 Å². The largest absolute Gasteiger partial charge is 0.379 e. The first kappa shape index (κ1) is 14.8. The van der Waals surface area contributed by atoms with Crippen molar-refractivity contribution in [1.82, 2.24) is 15.1 Å². The minimum atomic E-state index is 0.278. The molecule has 110 valence electrons. The highest BCUT2D eigenvalue weighted by atomic mass is 16.5. The van der Waals surface area contributed by atoms with E-state index in [0.29, 0.717) is 18.4 Å². The van der Waals surface area contributed by atoms with Crippen molar-refractivity contribution in [3.63, 3.8) is 0 Å². The van der Waals surface area contributed by atoms with Gasteiger partial charge < -0.3 is 15.0 Å². The van der Waals surface area contributed by atoms with Gasteiger partial charge in [0, 0.05) is 44.7 Å². The zero-order valence-electron chi connectivity index (χ0n) is 12.2. The van der Waals surface area contributed by atoms with E-state index in [4.69, 9.17) is 4.74 Å². The van der Waals surface area contributed by atoms with Crippen LogP contribution >= 0.6 is 0 Å². The van der Waals surface area contributed by atoms with Crippen LogP contribution in [0.25, 0.3) is 0 Å². The summed E-state index contributed by atoms with van der Waals surface area (Å²) < 4.78 is 5.38. The van der Waals surface area contributed by atoms with Crippen LogP contribution in [0.4, 0.5) is 0 Å². The van der Waals surface area contributed by atoms with E-state index in [1.165, 1.54) is 0 Å². The van der Waals surface area contributed by atoms with Gasteiger partial charge in [-0.25, -0.2) is 0 Å². The zero-order valence-corrected chi connectivity index (χ0v) is 12.2. The lowest BCUT2D eigenvalue weighted by atomic mass is 10.2. The van der Waals surface area contributed by atoms with Gasteiger partial charge in [0.05, 0.1) is 13.2 Å². The van der Waals surface area contributed by atoms with Gasteiger partial charge in [0.1, 0.15) is 0 Å². The van der Waals surface area contributed by atoms with Gasteiger partial charge in [-0.15, -0.1) is 0 Å². The van der Waals surface area contributed by atoms with Gasteiger partial charge >= 0.3 is 0 Å². The molecule has 2 atom stereocenters. The first-order valence-corrected chi connectivity index (χ1v) is 7.53.